The predicted octanol–water partition coefficient (Wildman–Crippen LogP) is -0.195. The maximum Gasteiger partial charge on any atom is 0.0558 e. The fourth-order valence-corrected chi connectivity index (χ4v) is 2.11. The van der Waals surface area contributed by atoms with Crippen molar-refractivity contribution < 1.29 is 10.2 Å². The van der Waals surface area contributed by atoms with Crippen LogP contribution in [0.4, 0.5) is 0 Å². The summed E-state index contributed by atoms with van der Waals surface area (Å²) in [6.07, 6.45) is 4.40. The number of nitrogens with zero attached hydrogens (tertiary/aromatic N) is 1. The van der Waals surface area contributed by atoms with E-state index in [1.807, 2.05) is 0 Å². The summed E-state index contributed by atoms with van der Waals surface area (Å²) < 4.78 is 0. The van der Waals surface area contributed by atoms with Gasteiger partial charge in [0.1, 0.15) is 0 Å². The zero-order valence-electron chi connectivity index (χ0n) is 9.49. The zero-order valence-corrected chi connectivity index (χ0v) is 9.49. The third-order valence-electron chi connectivity index (χ3n) is 2.94. The van der Waals surface area contributed by atoms with E-state index in [1.54, 1.807) is 0 Å². The number of hydrogen-bond donors (Lipinski definition) is 3. The van der Waals surface area contributed by atoms with Crippen LogP contribution in [0.3, 0.4) is 0 Å². The smallest absolute Gasteiger partial charge is 0.0558 e. The van der Waals surface area contributed by atoms with Crippen LogP contribution in [0.2, 0.25) is 0 Å². The number of nitrogens with one attached hydrogen (secondary N) is 1. The zero-order chi connectivity index (χ0) is 10.9. The normalized spacial score (nSPS) is 21.4. The number of unbranched alkanes of at least 4 members (excludes halogenated alkanes) is 1. The standard InChI is InChI=1S/C11H24N2O2/c14-8-2-1-6-13(7-9-15)10-11-4-3-5-12-11/h11-12,14-15H,1-10H2. The van der Waals surface area contributed by atoms with Crippen LogP contribution in [0.1, 0.15) is 25.7 Å². The van der Waals surface area contributed by atoms with E-state index in [2.05, 4.69) is 10.2 Å². The topological polar surface area (TPSA) is 55.7 Å². The van der Waals surface area contributed by atoms with E-state index in [4.69, 9.17) is 10.2 Å². The maximum atomic E-state index is 8.96. The first-order chi connectivity index (χ1) is 7.36. The Morgan fingerprint density at radius 1 is 1.13 bits per heavy atom. The number of hydrogen-bond acceptors (Lipinski definition) is 4. The minimum absolute atomic E-state index is 0.228. The molecule has 1 rings (SSSR count). The van der Waals surface area contributed by atoms with Gasteiger partial charge in [-0.25, -0.2) is 0 Å². The molecule has 1 saturated heterocycles. The van der Waals surface area contributed by atoms with E-state index >= 15 is 0 Å². The molecule has 1 unspecified atom stereocenters. The van der Waals surface area contributed by atoms with E-state index in [-0.39, 0.29) is 13.2 Å². The molecule has 4 nitrogen and oxygen atoms in total. The van der Waals surface area contributed by atoms with Crippen molar-refractivity contribution in [1.82, 2.24) is 10.2 Å². The van der Waals surface area contributed by atoms with Crippen LogP contribution >= 0.6 is 0 Å². The second-order valence-electron chi connectivity index (χ2n) is 4.25. The van der Waals surface area contributed by atoms with Crippen LogP contribution in [0, 0.1) is 0 Å². The SMILES string of the molecule is OCCCCN(CCO)CC1CCCN1. The van der Waals surface area contributed by atoms with Crippen molar-refractivity contribution in [3.05, 3.63) is 0 Å². The monoisotopic (exact) mass is 216 g/mol. The van der Waals surface area contributed by atoms with Gasteiger partial charge >= 0.3 is 0 Å². The van der Waals surface area contributed by atoms with Gasteiger partial charge in [-0.05, 0) is 38.8 Å². The molecular weight excluding hydrogens is 192 g/mol. The maximum absolute atomic E-state index is 8.96. The van der Waals surface area contributed by atoms with Gasteiger partial charge in [0.15, 0.2) is 0 Å². The highest BCUT2D eigenvalue weighted by Gasteiger charge is 2.17. The number of rotatable bonds is 8. The fourth-order valence-electron chi connectivity index (χ4n) is 2.11. The largest absolute Gasteiger partial charge is 0.396 e. The van der Waals surface area contributed by atoms with Crippen LogP contribution in [-0.4, -0.2) is 60.5 Å². The van der Waals surface area contributed by atoms with Crippen LogP contribution < -0.4 is 5.32 Å². The lowest BCUT2D eigenvalue weighted by atomic mass is 10.2. The van der Waals surface area contributed by atoms with Crippen molar-refractivity contribution in [3.8, 4) is 0 Å². The van der Waals surface area contributed by atoms with Crippen molar-refractivity contribution in [2.45, 2.75) is 31.7 Å². The van der Waals surface area contributed by atoms with Crippen molar-refractivity contribution in [1.29, 1.82) is 0 Å². The Morgan fingerprint density at radius 2 is 2.00 bits per heavy atom. The summed E-state index contributed by atoms with van der Waals surface area (Å²) in [5.74, 6) is 0. The minimum Gasteiger partial charge on any atom is -0.396 e. The molecule has 0 aromatic heterocycles. The molecule has 0 radical (unpaired) electrons. The van der Waals surface area contributed by atoms with Gasteiger partial charge in [0.05, 0.1) is 6.61 Å². The lowest BCUT2D eigenvalue weighted by Gasteiger charge is -2.24. The summed E-state index contributed by atoms with van der Waals surface area (Å²) in [6, 6.07) is 0.602. The molecule has 0 amide bonds. The van der Waals surface area contributed by atoms with Crippen LogP contribution in [0.5, 0.6) is 0 Å². The Morgan fingerprint density at radius 3 is 2.60 bits per heavy atom. The molecule has 15 heavy (non-hydrogen) atoms. The average Bonchev–Trinajstić information content (AvgIpc) is 2.71. The molecule has 4 heteroatoms. The molecule has 1 fully saturated rings. The molecule has 0 saturated carbocycles. The van der Waals surface area contributed by atoms with Gasteiger partial charge in [-0.3, -0.25) is 4.90 Å². The lowest BCUT2D eigenvalue weighted by Crippen LogP contribution is -2.39. The molecule has 0 spiro atoms. The summed E-state index contributed by atoms with van der Waals surface area (Å²) >= 11 is 0. The molecule has 1 atom stereocenters. The van der Waals surface area contributed by atoms with Crippen molar-refractivity contribution in [3.63, 3.8) is 0 Å². The van der Waals surface area contributed by atoms with Gasteiger partial charge in [-0.2, -0.15) is 0 Å². The van der Waals surface area contributed by atoms with Crippen LogP contribution in [0.25, 0.3) is 0 Å². The second kappa shape index (κ2) is 8.05. The fraction of sp³-hybridized carbons (Fsp3) is 1.00. The van der Waals surface area contributed by atoms with Gasteiger partial charge in [0.2, 0.25) is 0 Å². The summed E-state index contributed by atoms with van der Waals surface area (Å²) in [5, 5.41) is 21.1. The first kappa shape index (κ1) is 12.9. The number of aliphatic hydroxyl groups excluding tert-OH is 2. The van der Waals surface area contributed by atoms with E-state index in [1.165, 1.54) is 12.8 Å². The molecule has 3 N–H and O–H groups in total. The first-order valence-electron chi connectivity index (χ1n) is 6.04. The minimum atomic E-state index is 0.228. The Balaban J connectivity index is 2.16. The van der Waals surface area contributed by atoms with Gasteiger partial charge < -0.3 is 15.5 Å². The molecule has 0 aliphatic carbocycles. The second-order valence-corrected chi connectivity index (χ2v) is 4.25. The molecule has 0 bridgehead atoms. The van der Waals surface area contributed by atoms with Crippen molar-refractivity contribution in [2.75, 3.05) is 39.4 Å². The van der Waals surface area contributed by atoms with E-state index in [0.717, 1.165) is 39.0 Å². The number of aliphatic hydroxyl groups is 2. The molecule has 0 aromatic carbocycles. The Labute approximate surface area is 92.3 Å². The van der Waals surface area contributed by atoms with Gasteiger partial charge in [-0.15, -0.1) is 0 Å². The first-order valence-corrected chi connectivity index (χ1v) is 6.04. The van der Waals surface area contributed by atoms with Gasteiger partial charge in [-0.1, -0.05) is 0 Å². The summed E-state index contributed by atoms with van der Waals surface area (Å²) in [6.45, 7) is 4.41. The molecule has 1 aliphatic heterocycles. The summed E-state index contributed by atoms with van der Waals surface area (Å²) in [7, 11) is 0. The predicted molar refractivity (Wildman–Crippen MR) is 60.9 cm³/mol. The molecule has 1 aliphatic rings. The van der Waals surface area contributed by atoms with E-state index in [9.17, 15) is 0 Å². The third kappa shape index (κ3) is 5.47. The Hall–Kier alpha value is -0.160. The van der Waals surface area contributed by atoms with E-state index in [0.29, 0.717) is 6.04 Å². The average molecular weight is 216 g/mol. The van der Waals surface area contributed by atoms with Crippen molar-refractivity contribution >= 4 is 0 Å². The summed E-state index contributed by atoms with van der Waals surface area (Å²) in [4.78, 5) is 2.29. The van der Waals surface area contributed by atoms with Gasteiger partial charge in [0.25, 0.3) is 0 Å². The van der Waals surface area contributed by atoms with Crippen molar-refractivity contribution in [2.24, 2.45) is 0 Å². The van der Waals surface area contributed by atoms with Crippen LogP contribution in [-0.2, 0) is 0 Å². The van der Waals surface area contributed by atoms with Crippen LogP contribution in [0.15, 0.2) is 0 Å². The Kier molecular flexibility index (Phi) is 6.92. The molecule has 0 aromatic rings. The molecular formula is C11H24N2O2. The highest BCUT2D eigenvalue weighted by atomic mass is 16.3. The van der Waals surface area contributed by atoms with Gasteiger partial charge in [0, 0.05) is 25.7 Å². The Bertz CT molecular complexity index is 150. The highest BCUT2D eigenvalue weighted by molar-refractivity contribution is 4.77. The third-order valence-corrected chi connectivity index (χ3v) is 2.94. The lowest BCUT2D eigenvalue weighted by molar-refractivity contribution is 0.178. The quantitative estimate of drug-likeness (QED) is 0.492. The van der Waals surface area contributed by atoms with E-state index < -0.39 is 0 Å². The summed E-state index contributed by atoms with van der Waals surface area (Å²) in [5.41, 5.74) is 0. The molecule has 90 valence electrons. The molecule has 1 heterocycles. The highest BCUT2D eigenvalue weighted by Crippen LogP contribution is 2.07.